The quantitative estimate of drug-likeness (QED) is 0.857. The summed E-state index contributed by atoms with van der Waals surface area (Å²) in [5, 5.41) is 0. The Morgan fingerprint density at radius 3 is 3.10 bits per heavy atom. The molecule has 2 fully saturated rings. The van der Waals surface area contributed by atoms with Crippen molar-refractivity contribution < 1.29 is 18.7 Å². The Labute approximate surface area is 125 Å². The molecule has 1 aromatic heterocycles. The van der Waals surface area contributed by atoms with Crippen molar-refractivity contribution in [3.05, 3.63) is 23.7 Å². The van der Waals surface area contributed by atoms with E-state index in [4.69, 9.17) is 13.9 Å². The number of piperidine rings is 1. The molecular weight excluding hydrogens is 270 g/mol. The summed E-state index contributed by atoms with van der Waals surface area (Å²) >= 11 is 0. The molecule has 0 N–H and O–H groups in total. The maximum absolute atomic E-state index is 12.6. The molecular formula is C16H23NO4. The van der Waals surface area contributed by atoms with E-state index < -0.39 is 0 Å². The van der Waals surface area contributed by atoms with Crippen LogP contribution < -0.4 is 0 Å². The molecule has 0 aliphatic carbocycles. The third kappa shape index (κ3) is 2.72. The van der Waals surface area contributed by atoms with Crippen LogP contribution in [0.2, 0.25) is 0 Å². The number of fused-ring (bicyclic) bond motifs is 1. The Balaban J connectivity index is 1.78. The average Bonchev–Trinajstić information content (AvgIpc) is 2.92. The second-order valence-electron chi connectivity index (χ2n) is 6.18. The van der Waals surface area contributed by atoms with Crippen molar-refractivity contribution in [1.82, 2.24) is 4.90 Å². The van der Waals surface area contributed by atoms with Crippen molar-refractivity contribution in [3.8, 4) is 0 Å². The highest BCUT2D eigenvalue weighted by atomic mass is 16.5. The molecule has 1 amide bonds. The van der Waals surface area contributed by atoms with E-state index in [1.165, 1.54) is 0 Å². The molecule has 2 saturated heterocycles. The first kappa shape index (κ1) is 14.6. The lowest BCUT2D eigenvalue weighted by atomic mass is 9.73. The summed E-state index contributed by atoms with van der Waals surface area (Å²) in [5.74, 6) is 1.17. The van der Waals surface area contributed by atoms with Crippen LogP contribution in [-0.4, -0.2) is 50.3 Å². The maximum atomic E-state index is 12.6. The lowest BCUT2D eigenvalue weighted by Crippen LogP contribution is -2.58. The zero-order chi connectivity index (χ0) is 14.9. The summed E-state index contributed by atoms with van der Waals surface area (Å²) in [6, 6.07) is 3.58. The molecule has 116 valence electrons. The van der Waals surface area contributed by atoms with Crippen LogP contribution in [0.15, 0.2) is 16.5 Å². The molecule has 1 aromatic rings. The standard InChI is InChI=1S/C16H23NO4/c1-12-4-5-13(21-12)15(18)17-8-6-14-16(10-17,11-19-2)7-3-9-20-14/h4-5,14H,3,6-11H2,1-2H3/t14-,16-/m1/s1. The van der Waals surface area contributed by atoms with Gasteiger partial charge in [0.1, 0.15) is 5.76 Å². The molecule has 3 rings (SSSR count). The number of carbonyl (C=O) groups excluding carboxylic acids is 1. The first-order chi connectivity index (χ1) is 10.1. The number of likely N-dealkylation sites (tertiary alicyclic amines) is 1. The zero-order valence-electron chi connectivity index (χ0n) is 12.8. The number of carbonyl (C=O) groups is 1. The fourth-order valence-corrected chi connectivity index (χ4v) is 3.67. The van der Waals surface area contributed by atoms with Crippen LogP contribution in [-0.2, 0) is 9.47 Å². The van der Waals surface area contributed by atoms with Gasteiger partial charge in [-0.05, 0) is 38.3 Å². The zero-order valence-corrected chi connectivity index (χ0v) is 12.8. The third-order valence-electron chi connectivity index (χ3n) is 4.66. The number of ether oxygens (including phenoxy) is 2. The van der Waals surface area contributed by atoms with E-state index in [1.54, 1.807) is 13.2 Å². The predicted octanol–water partition coefficient (Wildman–Crippen LogP) is 2.25. The highest BCUT2D eigenvalue weighted by Crippen LogP contribution is 2.40. The normalized spacial score (nSPS) is 29.2. The molecule has 2 aliphatic rings. The first-order valence-electron chi connectivity index (χ1n) is 7.61. The minimum atomic E-state index is -0.0669. The van der Waals surface area contributed by atoms with E-state index >= 15 is 0 Å². The van der Waals surface area contributed by atoms with Gasteiger partial charge in [-0.25, -0.2) is 0 Å². The Hall–Kier alpha value is -1.33. The van der Waals surface area contributed by atoms with Gasteiger partial charge in [0.25, 0.3) is 5.91 Å². The number of aryl methyl sites for hydroxylation is 1. The first-order valence-corrected chi connectivity index (χ1v) is 7.61. The minimum absolute atomic E-state index is 0.0254. The number of methoxy groups -OCH3 is 1. The summed E-state index contributed by atoms with van der Waals surface area (Å²) in [6.45, 7) is 4.71. The number of rotatable bonds is 3. The Morgan fingerprint density at radius 1 is 1.52 bits per heavy atom. The number of hydrogen-bond donors (Lipinski definition) is 0. The van der Waals surface area contributed by atoms with Crippen molar-refractivity contribution >= 4 is 5.91 Å². The van der Waals surface area contributed by atoms with Crippen LogP contribution in [0, 0.1) is 12.3 Å². The van der Waals surface area contributed by atoms with Gasteiger partial charge in [-0.3, -0.25) is 4.79 Å². The van der Waals surface area contributed by atoms with Crippen molar-refractivity contribution in [2.24, 2.45) is 5.41 Å². The summed E-state index contributed by atoms with van der Waals surface area (Å²) in [5.41, 5.74) is -0.0669. The van der Waals surface area contributed by atoms with E-state index in [0.29, 0.717) is 25.5 Å². The molecule has 2 atom stereocenters. The largest absolute Gasteiger partial charge is 0.456 e. The number of amides is 1. The topological polar surface area (TPSA) is 51.9 Å². The minimum Gasteiger partial charge on any atom is -0.456 e. The van der Waals surface area contributed by atoms with Gasteiger partial charge in [0, 0.05) is 32.2 Å². The lowest BCUT2D eigenvalue weighted by molar-refractivity contribution is -0.142. The van der Waals surface area contributed by atoms with Crippen molar-refractivity contribution in [3.63, 3.8) is 0 Å². The molecule has 3 heterocycles. The summed E-state index contributed by atoms with van der Waals surface area (Å²) in [6.07, 6.45) is 3.15. The molecule has 0 spiro atoms. The molecule has 5 heteroatoms. The molecule has 0 bridgehead atoms. The second kappa shape index (κ2) is 5.81. The Morgan fingerprint density at radius 2 is 2.38 bits per heavy atom. The fraction of sp³-hybridized carbons (Fsp3) is 0.688. The highest BCUT2D eigenvalue weighted by Gasteiger charge is 2.47. The Kier molecular flexibility index (Phi) is 4.04. The number of hydrogen-bond acceptors (Lipinski definition) is 4. The Bertz CT molecular complexity index is 508. The lowest BCUT2D eigenvalue weighted by Gasteiger charge is -2.50. The predicted molar refractivity (Wildman–Crippen MR) is 77.2 cm³/mol. The van der Waals surface area contributed by atoms with Crippen LogP contribution >= 0.6 is 0 Å². The maximum Gasteiger partial charge on any atom is 0.289 e. The number of furan rings is 1. The van der Waals surface area contributed by atoms with Gasteiger partial charge in [0.15, 0.2) is 5.76 Å². The smallest absolute Gasteiger partial charge is 0.289 e. The van der Waals surface area contributed by atoms with Crippen LogP contribution in [0.4, 0.5) is 0 Å². The van der Waals surface area contributed by atoms with E-state index in [-0.39, 0.29) is 17.4 Å². The fourth-order valence-electron chi connectivity index (χ4n) is 3.67. The molecule has 5 nitrogen and oxygen atoms in total. The third-order valence-corrected chi connectivity index (χ3v) is 4.66. The van der Waals surface area contributed by atoms with Crippen LogP contribution in [0.25, 0.3) is 0 Å². The van der Waals surface area contributed by atoms with Gasteiger partial charge in [-0.1, -0.05) is 0 Å². The van der Waals surface area contributed by atoms with Crippen molar-refractivity contribution in [2.45, 2.75) is 32.3 Å². The van der Waals surface area contributed by atoms with Crippen molar-refractivity contribution in [1.29, 1.82) is 0 Å². The molecule has 0 radical (unpaired) electrons. The van der Waals surface area contributed by atoms with Crippen LogP contribution in [0.1, 0.15) is 35.6 Å². The van der Waals surface area contributed by atoms with Gasteiger partial charge in [-0.15, -0.1) is 0 Å². The van der Waals surface area contributed by atoms with Crippen molar-refractivity contribution in [2.75, 3.05) is 33.4 Å². The second-order valence-corrected chi connectivity index (χ2v) is 6.18. The van der Waals surface area contributed by atoms with Gasteiger partial charge in [0.2, 0.25) is 0 Å². The van der Waals surface area contributed by atoms with Crippen LogP contribution in [0.5, 0.6) is 0 Å². The molecule has 0 aromatic carbocycles. The monoisotopic (exact) mass is 293 g/mol. The van der Waals surface area contributed by atoms with Gasteiger partial charge < -0.3 is 18.8 Å². The van der Waals surface area contributed by atoms with E-state index in [0.717, 1.165) is 31.6 Å². The molecule has 2 aliphatic heterocycles. The van der Waals surface area contributed by atoms with E-state index in [1.807, 2.05) is 17.9 Å². The number of nitrogens with zero attached hydrogens (tertiary/aromatic N) is 1. The van der Waals surface area contributed by atoms with Gasteiger partial charge in [-0.2, -0.15) is 0 Å². The van der Waals surface area contributed by atoms with Crippen LogP contribution in [0.3, 0.4) is 0 Å². The van der Waals surface area contributed by atoms with Gasteiger partial charge >= 0.3 is 0 Å². The molecule has 0 unspecified atom stereocenters. The summed E-state index contributed by atoms with van der Waals surface area (Å²) in [4.78, 5) is 14.5. The SMILES string of the molecule is COC[C@]12CCCO[C@@H]1CCN(C(=O)c1ccc(C)o1)C2. The van der Waals surface area contributed by atoms with E-state index in [9.17, 15) is 4.79 Å². The average molecular weight is 293 g/mol. The highest BCUT2D eigenvalue weighted by molar-refractivity contribution is 5.91. The summed E-state index contributed by atoms with van der Waals surface area (Å²) < 4.78 is 16.8. The molecule has 0 saturated carbocycles. The summed E-state index contributed by atoms with van der Waals surface area (Å²) in [7, 11) is 1.72. The van der Waals surface area contributed by atoms with Gasteiger partial charge in [0.05, 0.1) is 12.7 Å². The molecule has 21 heavy (non-hydrogen) atoms. The van der Waals surface area contributed by atoms with E-state index in [2.05, 4.69) is 0 Å².